The summed E-state index contributed by atoms with van der Waals surface area (Å²) >= 11 is 0. The first kappa shape index (κ1) is 12.8. The predicted octanol–water partition coefficient (Wildman–Crippen LogP) is 2.18. The van der Waals surface area contributed by atoms with Crippen molar-refractivity contribution in [2.24, 2.45) is 5.92 Å². The van der Waals surface area contributed by atoms with Gasteiger partial charge in [0.1, 0.15) is 0 Å². The Morgan fingerprint density at radius 2 is 2.33 bits per heavy atom. The molecule has 4 nitrogen and oxygen atoms in total. The number of halogens is 1. The molecule has 1 atom stereocenters. The molecule has 1 aromatic rings. The molecule has 2 rings (SSSR count). The SMILES string of the molecule is CCNc1nccc(C(=O)NC(C)C2CC2)c1F. The molecule has 1 saturated carbocycles. The zero-order valence-corrected chi connectivity index (χ0v) is 10.7. The summed E-state index contributed by atoms with van der Waals surface area (Å²) in [4.78, 5) is 15.8. The molecule has 1 aliphatic rings. The van der Waals surface area contributed by atoms with E-state index in [1.165, 1.54) is 12.3 Å². The normalized spacial score (nSPS) is 16.2. The van der Waals surface area contributed by atoms with E-state index in [1.54, 1.807) is 0 Å². The van der Waals surface area contributed by atoms with Crippen molar-refractivity contribution in [1.29, 1.82) is 0 Å². The summed E-state index contributed by atoms with van der Waals surface area (Å²) in [6.07, 6.45) is 3.73. The summed E-state index contributed by atoms with van der Waals surface area (Å²) < 4.78 is 14.0. The van der Waals surface area contributed by atoms with Crippen LogP contribution in [-0.2, 0) is 0 Å². The van der Waals surface area contributed by atoms with E-state index in [0.717, 1.165) is 12.8 Å². The number of aromatic nitrogens is 1. The Kier molecular flexibility index (Phi) is 3.79. The third kappa shape index (κ3) is 2.78. The molecule has 1 aliphatic carbocycles. The number of carbonyl (C=O) groups is 1. The van der Waals surface area contributed by atoms with Crippen LogP contribution < -0.4 is 10.6 Å². The van der Waals surface area contributed by atoms with Crippen LogP contribution in [-0.4, -0.2) is 23.5 Å². The highest BCUT2D eigenvalue weighted by molar-refractivity contribution is 5.95. The lowest BCUT2D eigenvalue weighted by molar-refractivity contribution is 0.0931. The van der Waals surface area contributed by atoms with Gasteiger partial charge in [0, 0.05) is 18.8 Å². The second-order valence-electron chi connectivity index (χ2n) is 4.65. The van der Waals surface area contributed by atoms with E-state index in [2.05, 4.69) is 15.6 Å². The minimum absolute atomic E-state index is 0.0495. The zero-order chi connectivity index (χ0) is 13.1. The van der Waals surface area contributed by atoms with Crippen LogP contribution in [0.1, 0.15) is 37.0 Å². The Balaban J connectivity index is 2.11. The summed E-state index contributed by atoms with van der Waals surface area (Å²) in [5, 5.41) is 5.63. The minimum atomic E-state index is -0.583. The largest absolute Gasteiger partial charge is 0.368 e. The molecule has 0 radical (unpaired) electrons. The number of pyridine rings is 1. The highest BCUT2D eigenvalue weighted by Crippen LogP contribution is 2.32. The fraction of sp³-hybridized carbons (Fsp3) is 0.538. The molecule has 1 amide bonds. The molecule has 1 fully saturated rings. The second kappa shape index (κ2) is 5.33. The monoisotopic (exact) mass is 251 g/mol. The summed E-state index contributed by atoms with van der Waals surface area (Å²) in [5.74, 6) is -0.274. The number of amides is 1. The van der Waals surface area contributed by atoms with E-state index in [-0.39, 0.29) is 23.3 Å². The number of nitrogens with one attached hydrogen (secondary N) is 2. The van der Waals surface area contributed by atoms with Gasteiger partial charge in [-0.3, -0.25) is 4.79 Å². The average Bonchev–Trinajstić information content (AvgIpc) is 3.16. The van der Waals surface area contributed by atoms with Crippen LogP contribution in [0.3, 0.4) is 0 Å². The molecule has 0 bridgehead atoms. The Morgan fingerprint density at radius 1 is 1.61 bits per heavy atom. The molecule has 2 N–H and O–H groups in total. The Morgan fingerprint density at radius 3 is 2.94 bits per heavy atom. The highest BCUT2D eigenvalue weighted by atomic mass is 19.1. The van der Waals surface area contributed by atoms with Gasteiger partial charge in [-0.25, -0.2) is 9.37 Å². The summed E-state index contributed by atoms with van der Waals surface area (Å²) in [7, 11) is 0. The van der Waals surface area contributed by atoms with Crippen molar-refractivity contribution in [1.82, 2.24) is 10.3 Å². The van der Waals surface area contributed by atoms with Gasteiger partial charge < -0.3 is 10.6 Å². The van der Waals surface area contributed by atoms with Gasteiger partial charge in [0.05, 0.1) is 5.56 Å². The smallest absolute Gasteiger partial charge is 0.254 e. The minimum Gasteiger partial charge on any atom is -0.368 e. The highest BCUT2D eigenvalue weighted by Gasteiger charge is 2.29. The first-order chi connectivity index (χ1) is 8.63. The maximum atomic E-state index is 14.0. The third-order valence-corrected chi connectivity index (χ3v) is 3.17. The lowest BCUT2D eigenvalue weighted by Crippen LogP contribution is -2.34. The van der Waals surface area contributed by atoms with Crippen LogP contribution in [0.4, 0.5) is 10.2 Å². The van der Waals surface area contributed by atoms with Crippen LogP contribution in [0.2, 0.25) is 0 Å². The fourth-order valence-electron chi connectivity index (χ4n) is 1.91. The molecule has 0 aromatic carbocycles. The maximum Gasteiger partial charge on any atom is 0.254 e. The molecule has 98 valence electrons. The number of nitrogens with zero attached hydrogens (tertiary/aromatic N) is 1. The van der Waals surface area contributed by atoms with Crippen molar-refractivity contribution in [2.75, 3.05) is 11.9 Å². The second-order valence-corrected chi connectivity index (χ2v) is 4.65. The summed E-state index contributed by atoms with van der Waals surface area (Å²) in [6.45, 7) is 4.37. The Bertz CT molecular complexity index is 446. The van der Waals surface area contributed by atoms with Crippen molar-refractivity contribution in [2.45, 2.75) is 32.7 Å². The van der Waals surface area contributed by atoms with Gasteiger partial charge in [-0.1, -0.05) is 0 Å². The molecule has 0 spiro atoms. The molecular weight excluding hydrogens is 233 g/mol. The molecule has 1 heterocycles. The van der Waals surface area contributed by atoms with E-state index < -0.39 is 5.82 Å². The van der Waals surface area contributed by atoms with Crippen LogP contribution in [0.15, 0.2) is 12.3 Å². The number of anilines is 1. The predicted molar refractivity (Wildman–Crippen MR) is 68.0 cm³/mol. The quantitative estimate of drug-likeness (QED) is 0.843. The number of hydrogen-bond donors (Lipinski definition) is 2. The molecule has 5 heteroatoms. The summed E-state index contributed by atoms with van der Waals surface area (Å²) in [6, 6.07) is 1.51. The average molecular weight is 251 g/mol. The Hall–Kier alpha value is -1.65. The lowest BCUT2D eigenvalue weighted by Gasteiger charge is -2.14. The van der Waals surface area contributed by atoms with E-state index in [0.29, 0.717) is 12.5 Å². The third-order valence-electron chi connectivity index (χ3n) is 3.17. The first-order valence-corrected chi connectivity index (χ1v) is 6.32. The Labute approximate surface area is 106 Å². The van der Waals surface area contributed by atoms with Gasteiger partial charge in [0.2, 0.25) is 0 Å². The van der Waals surface area contributed by atoms with Gasteiger partial charge in [-0.15, -0.1) is 0 Å². The van der Waals surface area contributed by atoms with Gasteiger partial charge >= 0.3 is 0 Å². The van der Waals surface area contributed by atoms with Crippen LogP contribution >= 0.6 is 0 Å². The lowest BCUT2D eigenvalue weighted by atomic mass is 10.1. The van der Waals surface area contributed by atoms with Crippen molar-refractivity contribution >= 4 is 11.7 Å². The fourth-order valence-corrected chi connectivity index (χ4v) is 1.91. The summed E-state index contributed by atoms with van der Waals surface area (Å²) in [5.41, 5.74) is 0.0495. The van der Waals surface area contributed by atoms with Crippen molar-refractivity contribution < 1.29 is 9.18 Å². The molecule has 1 unspecified atom stereocenters. The number of hydrogen-bond acceptors (Lipinski definition) is 3. The van der Waals surface area contributed by atoms with Gasteiger partial charge in [-0.2, -0.15) is 0 Å². The molecule has 18 heavy (non-hydrogen) atoms. The topological polar surface area (TPSA) is 54.0 Å². The van der Waals surface area contributed by atoms with Crippen LogP contribution in [0.5, 0.6) is 0 Å². The van der Waals surface area contributed by atoms with Gasteiger partial charge in [-0.05, 0) is 38.7 Å². The molecule has 1 aromatic heterocycles. The van der Waals surface area contributed by atoms with Crippen molar-refractivity contribution in [3.05, 3.63) is 23.6 Å². The van der Waals surface area contributed by atoms with Crippen LogP contribution in [0.25, 0.3) is 0 Å². The zero-order valence-electron chi connectivity index (χ0n) is 10.7. The number of carbonyl (C=O) groups excluding carboxylic acids is 1. The number of rotatable bonds is 5. The van der Waals surface area contributed by atoms with Crippen molar-refractivity contribution in [3.63, 3.8) is 0 Å². The van der Waals surface area contributed by atoms with E-state index >= 15 is 0 Å². The van der Waals surface area contributed by atoms with Crippen molar-refractivity contribution in [3.8, 4) is 0 Å². The van der Waals surface area contributed by atoms with E-state index in [1.807, 2.05) is 13.8 Å². The molecular formula is C13H18FN3O. The maximum absolute atomic E-state index is 14.0. The first-order valence-electron chi connectivity index (χ1n) is 6.32. The van der Waals surface area contributed by atoms with Gasteiger partial charge in [0.15, 0.2) is 11.6 Å². The van der Waals surface area contributed by atoms with Gasteiger partial charge in [0.25, 0.3) is 5.91 Å². The standard InChI is InChI=1S/C13H18FN3O/c1-3-15-12-11(14)10(6-7-16-12)13(18)17-8(2)9-4-5-9/h6-9H,3-5H2,1-2H3,(H,15,16)(H,17,18). The molecule has 0 saturated heterocycles. The molecule has 0 aliphatic heterocycles. The van der Waals surface area contributed by atoms with Crippen LogP contribution in [0, 0.1) is 11.7 Å². The van der Waals surface area contributed by atoms with E-state index in [4.69, 9.17) is 0 Å². The van der Waals surface area contributed by atoms with E-state index in [9.17, 15) is 9.18 Å².